The highest BCUT2D eigenvalue weighted by atomic mass is 19.1. The largest absolute Gasteiger partial charge is 0.507 e. The van der Waals surface area contributed by atoms with Crippen LogP contribution in [0.4, 0.5) is 4.39 Å². The summed E-state index contributed by atoms with van der Waals surface area (Å²) in [4.78, 5) is 1.45. The van der Waals surface area contributed by atoms with Gasteiger partial charge in [0.2, 0.25) is 5.88 Å². The highest BCUT2D eigenvalue weighted by Crippen LogP contribution is 2.45. The summed E-state index contributed by atoms with van der Waals surface area (Å²) < 4.78 is 21.5. The first-order valence-electron chi connectivity index (χ1n) is 11.3. The minimum Gasteiger partial charge on any atom is -0.507 e. The van der Waals surface area contributed by atoms with Crippen molar-refractivity contribution in [3.63, 3.8) is 0 Å². The number of hydrogen-bond acceptors (Lipinski definition) is 7. The van der Waals surface area contributed by atoms with Gasteiger partial charge < -0.3 is 15.2 Å². The Morgan fingerprint density at radius 1 is 1.21 bits per heavy atom. The van der Waals surface area contributed by atoms with E-state index in [1.807, 2.05) is 13.8 Å². The Kier molecular flexibility index (Phi) is 5.12. The lowest BCUT2D eigenvalue weighted by Crippen LogP contribution is -2.73. The monoisotopic (exact) mass is 452 g/mol. The van der Waals surface area contributed by atoms with Gasteiger partial charge in [0.25, 0.3) is 0 Å². The molecule has 0 aliphatic carbocycles. The van der Waals surface area contributed by atoms with E-state index in [2.05, 4.69) is 39.6 Å². The number of hydrogen-bond donors (Lipinski definition) is 2. The molecule has 174 valence electrons. The van der Waals surface area contributed by atoms with E-state index < -0.39 is 17.8 Å². The number of benzene rings is 1. The van der Waals surface area contributed by atoms with Crippen LogP contribution in [0.1, 0.15) is 45.7 Å². The number of ether oxygens (including phenoxy) is 1. The number of aromatic hydroxyl groups is 1. The molecule has 1 unspecified atom stereocenters. The molecule has 2 aliphatic heterocycles. The SMILES string of the molecule is Cc1cnn(-c2ccc(-c3ccc(O[C@@H]4C[C@@]5(C)CCC(C)[C@](C)(N5)[C@@H]4F)nn3)c(O)c2)n1. The number of phenolic OH excluding ortho intramolecular Hbond substituents is 1. The second-order valence-electron chi connectivity index (χ2n) is 9.90. The Morgan fingerprint density at radius 2 is 2.03 bits per heavy atom. The van der Waals surface area contributed by atoms with Crippen LogP contribution in [0.3, 0.4) is 0 Å². The molecule has 2 bridgehead atoms. The minimum absolute atomic E-state index is 0.0373. The lowest BCUT2D eigenvalue weighted by Gasteiger charge is -2.57. The van der Waals surface area contributed by atoms with Gasteiger partial charge in [0.15, 0.2) is 6.17 Å². The number of piperidine rings is 2. The van der Waals surface area contributed by atoms with Crippen molar-refractivity contribution in [3.05, 3.63) is 42.2 Å². The molecule has 0 saturated carbocycles. The van der Waals surface area contributed by atoms with Crippen LogP contribution in [-0.4, -0.2) is 53.7 Å². The number of aromatic nitrogens is 5. The fraction of sp³-hybridized carbons (Fsp3) is 0.500. The number of alkyl halides is 1. The summed E-state index contributed by atoms with van der Waals surface area (Å²) >= 11 is 0. The third kappa shape index (κ3) is 3.84. The maximum absolute atomic E-state index is 15.5. The molecule has 33 heavy (non-hydrogen) atoms. The number of phenols is 1. The van der Waals surface area contributed by atoms with Gasteiger partial charge in [-0.15, -0.1) is 10.2 Å². The van der Waals surface area contributed by atoms with E-state index in [1.165, 1.54) is 4.80 Å². The van der Waals surface area contributed by atoms with Crippen LogP contribution in [0.15, 0.2) is 36.5 Å². The molecule has 0 spiro atoms. The van der Waals surface area contributed by atoms with Crippen molar-refractivity contribution in [1.82, 2.24) is 30.5 Å². The Labute approximate surface area is 192 Å². The maximum atomic E-state index is 15.5. The van der Waals surface area contributed by atoms with Gasteiger partial charge in [-0.2, -0.15) is 15.0 Å². The van der Waals surface area contributed by atoms with E-state index in [4.69, 9.17) is 4.74 Å². The van der Waals surface area contributed by atoms with E-state index in [1.54, 1.807) is 36.5 Å². The normalized spacial score (nSPS) is 31.4. The zero-order valence-electron chi connectivity index (χ0n) is 19.3. The summed E-state index contributed by atoms with van der Waals surface area (Å²) in [6.45, 7) is 8.04. The summed E-state index contributed by atoms with van der Waals surface area (Å²) in [5, 5.41) is 30.9. The molecule has 2 fully saturated rings. The highest BCUT2D eigenvalue weighted by molar-refractivity contribution is 5.68. The Morgan fingerprint density at radius 3 is 2.70 bits per heavy atom. The minimum atomic E-state index is -1.15. The van der Waals surface area contributed by atoms with Crippen LogP contribution in [0.5, 0.6) is 11.6 Å². The summed E-state index contributed by atoms with van der Waals surface area (Å²) in [5.41, 5.74) is 1.65. The zero-order chi connectivity index (χ0) is 23.4. The van der Waals surface area contributed by atoms with Crippen molar-refractivity contribution in [3.8, 4) is 28.6 Å². The van der Waals surface area contributed by atoms with Gasteiger partial charge in [-0.1, -0.05) is 6.92 Å². The number of aryl methyl sites for hydroxylation is 1. The molecule has 5 rings (SSSR count). The molecule has 2 N–H and O–H groups in total. The molecule has 0 radical (unpaired) electrons. The quantitative estimate of drug-likeness (QED) is 0.622. The highest BCUT2D eigenvalue weighted by Gasteiger charge is 2.56. The number of rotatable bonds is 4. The van der Waals surface area contributed by atoms with Crippen molar-refractivity contribution < 1.29 is 14.2 Å². The van der Waals surface area contributed by atoms with Gasteiger partial charge in [0, 0.05) is 29.7 Å². The first-order valence-corrected chi connectivity index (χ1v) is 11.3. The van der Waals surface area contributed by atoms with Gasteiger partial charge >= 0.3 is 0 Å². The topological polar surface area (TPSA) is 98.0 Å². The molecule has 1 aromatic carbocycles. The van der Waals surface area contributed by atoms with E-state index in [0.717, 1.165) is 18.5 Å². The number of fused-ring (bicyclic) bond motifs is 2. The van der Waals surface area contributed by atoms with E-state index >= 15 is 4.39 Å². The van der Waals surface area contributed by atoms with Crippen LogP contribution < -0.4 is 10.1 Å². The fourth-order valence-corrected chi connectivity index (χ4v) is 5.21. The Balaban J connectivity index is 1.34. The molecule has 2 saturated heterocycles. The van der Waals surface area contributed by atoms with Gasteiger partial charge in [-0.3, -0.25) is 0 Å². The lowest BCUT2D eigenvalue weighted by atomic mass is 9.64. The van der Waals surface area contributed by atoms with Crippen molar-refractivity contribution in [2.75, 3.05) is 0 Å². The zero-order valence-corrected chi connectivity index (χ0v) is 19.3. The Bertz CT molecular complexity index is 1170. The molecule has 2 aliphatic rings. The van der Waals surface area contributed by atoms with Crippen LogP contribution in [0, 0.1) is 12.8 Å². The average molecular weight is 453 g/mol. The standard InChI is InChI=1S/C24H29FN6O2/c1-14-9-10-23(3)12-20(22(25)24(14,4)30-23)33-21-8-7-18(27-28-21)17-6-5-16(11-19(17)32)31-26-13-15(2)29-31/h5-8,11,13-14,20,22,30,32H,9-10,12H2,1-4H3/t14?,20-,22-,23-,24+/m1/s1. The van der Waals surface area contributed by atoms with Crippen LogP contribution in [0.2, 0.25) is 0 Å². The van der Waals surface area contributed by atoms with E-state index in [9.17, 15) is 5.11 Å². The summed E-state index contributed by atoms with van der Waals surface area (Å²) in [6, 6.07) is 8.50. The first-order chi connectivity index (χ1) is 15.7. The second-order valence-corrected chi connectivity index (χ2v) is 9.90. The van der Waals surface area contributed by atoms with Crippen LogP contribution in [0.25, 0.3) is 16.9 Å². The number of halogens is 1. The fourth-order valence-electron chi connectivity index (χ4n) is 5.21. The first kappa shape index (κ1) is 21.8. The van der Waals surface area contributed by atoms with Gasteiger partial charge in [-0.25, -0.2) is 4.39 Å². The molecular formula is C24H29FN6O2. The maximum Gasteiger partial charge on any atom is 0.233 e. The summed E-state index contributed by atoms with van der Waals surface area (Å²) in [5.74, 6) is 0.529. The van der Waals surface area contributed by atoms with Gasteiger partial charge in [-0.05, 0) is 57.7 Å². The van der Waals surface area contributed by atoms with Gasteiger partial charge in [0.05, 0.1) is 28.8 Å². The summed E-state index contributed by atoms with van der Waals surface area (Å²) in [6.07, 6.45) is 2.46. The summed E-state index contributed by atoms with van der Waals surface area (Å²) in [7, 11) is 0. The van der Waals surface area contributed by atoms with Crippen molar-refractivity contribution in [1.29, 1.82) is 0 Å². The molecule has 0 amide bonds. The third-order valence-electron chi connectivity index (χ3n) is 7.28. The van der Waals surface area contributed by atoms with Crippen molar-refractivity contribution in [2.24, 2.45) is 5.92 Å². The predicted molar refractivity (Wildman–Crippen MR) is 121 cm³/mol. The average Bonchev–Trinajstić information content (AvgIpc) is 3.22. The van der Waals surface area contributed by atoms with Crippen molar-refractivity contribution >= 4 is 0 Å². The molecule has 9 heteroatoms. The lowest BCUT2D eigenvalue weighted by molar-refractivity contribution is -0.0850. The third-order valence-corrected chi connectivity index (χ3v) is 7.28. The molecule has 5 atom stereocenters. The molecular weight excluding hydrogens is 423 g/mol. The molecule has 3 aromatic rings. The van der Waals surface area contributed by atoms with E-state index in [0.29, 0.717) is 23.4 Å². The number of nitrogens with one attached hydrogen (secondary N) is 1. The number of nitrogens with zero attached hydrogens (tertiary/aromatic N) is 5. The second kappa shape index (κ2) is 7.76. The van der Waals surface area contributed by atoms with Crippen molar-refractivity contribution in [2.45, 2.75) is 70.3 Å². The van der Waals surface area contributed by atoms with Gasteiger partial charge in [0.1, 0.15) is 11.9 Å². The van der Waals surface area contributed by atoms with Crippen LogP contribution in [-0.2, 0) is 0 Å². The van der Waals surface area contributed by atoms with Crippen LogP contribution >= 0.6 is 0 Å². The molecule has 2 aromatic heterocycles. The predicted octanol–water partition coefficient (Wildman–Crippen LogP) is 3.76. The van der Waals surface area contributed by atoms with E-state index in [-0.39, 0.29) is 23.1 Å². The molecule has 4 heterocycles. The molecule has 8 nitrogen and oxygen atoms in total. The Hall–Kier alpha value is -3.07. The smallest absolute Gasteiger partial charge is 0.233 e.